The maximum atomic E-state index is 13.0. The van der Waals surface area contributed by atoms with Crippen LogP contribution >= 0.6 is 0 Å². The Morgan fingerprint density at radius 3 is 2.07 bits per heavy atom. The number of halogens is 4. The van der Waals surface area contributed by atoms with Crippen LogP contribution in [0.1, 0.15) is 12.5 Å². The van der Waals surface area contributed by atoms with Gasteiger partial charge in [-0.25, -0.2) is 4.39 Å². The average molecular weight is 208 g/mol. The normalized spacial score (nSPS) is 16.4. The van der Waals surface area contributed by atoms with E-state index < -0.39 is 23.2 Å². The zero-order valence-corrected chi connectivity index (χ0v) is 7.27. The second-order valence-electron chi connectivity index (χ2n) is 3.05. The van der Waals surface area contributed by atoms with Gasteiger partial charge in [-0.05, 0) is 13.0 Å². The second-order valence-corrected chi connectivity index (χ2v) is 3.05. The van der Waals surface area contributed by atoms with E-state index >= 15 is 0 Å². The van der Waals surface area contributed by atoms with E-state index in [1.165, 1.54) is 12.1 Å². The largest absolute Gasteiger partial charge is 0.421 e. The molecule has 0 unspecified atom stereocenters. The minimum absolute atomic E-state index is 0.519. The third-order valence-corrected chi connectivity index (χ3v) is 1.95. The Kier molecular flexibility index (Phi) is 2.54. The molecule has 1 aromatic carbocycles. The molecule has 0 amide bonds. The Labute approximate surface area is 78.0 Å². The lowest BCUT2D eigenvalue weighted by atomic mass is 9.95. The zero-order valence-electron chi connectivity index (χ0n) is 7.27. The van der Waals surface area contributed by atoms with Gasteiger partial charge in [0.05, 0.1) is 0 Å². The van der Waals surface area contributed by atoms with Crippen LogP contribution in [0.3, 0.4) is 0 Å². The summed E-state index contributed by atoms with van der Waals surface area (Å²) >= 11 is 0. The van der Waals surface area contributed by atoms with E-state index in [-0.39, 0.29) is 0 Å². The molecule has 0 saturated heterocycles. The van der Waals surface area contributed by atoms with Crippen molar-refractivity contribution in [2.45, 2.75) is 18.7 Å². The van der Waals surface area contributed by atoms with Gasteiger partial charge in [0, 0.05) is 5.56 Å². The van der Waals surface area contributed by atoms with Crippen molar-refractivity contribution in [2.24, 2.45) is 0 Å². The number of rotatable bonds is 1. The lowest BCUT2D eigenvalue weighted by Crippen LogP contribution is -2.39. The first-order valence-electron chi connectivity index (χ1n) is 3.81. The fraction of sp³-hybridized carbons (Fsp3) is 0.333. The second kappa shape index (κ2) is 3.24. The van der Waals surface area contributed by atoms with Gasteiger partial charge in [-0.2, -0.15) is 13.2 Å². The minimum Gasteiger partial charge on any atom is -0.376 e. The summed E-state index contributed by atoms with van der Waals surface area (Å²) in [6.45, 7) is 0.519. The minimum atomic E-state index is -4.89. The topological polar surface area (TPSA) is 20.2 Å². The van der Waals surface area contributed by atoms with Crippen LogP contribution in [0.5, 0.6) is 0 Å². The molecule has 0 bridgehead atoms. The van der Waals surface area contributed by atoms with Crippen LogP contribution in [0.2, 0.25) is 0 Å². The molecule has 0 radical (unpaired) electrons. The number of hydrogen-bond donors (Lipinski definition) is 1. The molecule has 5 heteroatoms. The summed E-state index contributed by atoms with van der Waals surface area (Å²) < 4.78 is 49.8. The van der Waals surface area contributed by atoms with E-state index in [1.54, 1.807) is 0 Å². The smallest absolute Gasteiger partial charge is 0.376 e. The molecular formula is C9H8F4O. The molecule has 0 aliphatic carbocycles. The summed E-state index contributed by atoms with van der Waals surface area (Å²) in [7, 11) is 0. The predicted octanol–water partition coefficient (Wildman–Crippen LogP) is 2.60. The first-order valence-corrected chi connectivity index (χ1v) is 3.81. The highest BCUT2D eigenvalue weighted by molar-refractivity contribution is 5.25. The fourth-order valence-corrected chi connectivity index (χ4v) is 1.01. The van der Waals surface area contributed by atoms with Crippen LogP contribution < -0.4 is 0 Å². The molecular weight excluding hydrogens is 200 g/mol. The Hall–Kier alpha value is -1.10. The third kappa shape index (κ3) is 1.72. The van der Waals surface area contributed by atoms with E-state index in [0.29, 0.717) is 6.92 Å². The van der Waals surface area contributed by atoms with Crippen molar-refractivity contribution >= 4 is 0 Å². The Bertz CT molecular complexity index is 330. The number of hydrogen-bond acceptors (Lipinski definition) is 1. The molecule has 14 heavy (non-hydrogen) atoms. The van der Waals surface area contributed by atoms with Gasteiger partial charge in [0.25, 0.3) is 0 Å². The molecule has 0 heterocycles. The van der Waals surface area contributed by atoms with E-state index in [2.05, 4.69) is 0 Å². The molecule has 1 aromatic rings. The highest BCUT2D eigenvalue weighted by Crippen LogP contribution is 2.39. The van der Waals surface area contributed by atoms with E-state index in [1.807, 2.05) is 0 Å². The molecule has 78 valence electrons. The maximum absolute atomic E-state index is 13.0. The van der Waals surface area contributed by atoms with Crippen LogP contribution in [0.25, 0.3) is 0 Å². The van der Waals surface area contributed by atoms with Crippen LogP contribution in [-0.4, -0.2) is 11.3 Å². The van der Waals surface area contributed by atoms with Gasteiger partial charge in [-0.15, -0.1) is 0 Å². The SMILES string of the molecule is C[C@@](O)(c1ccccc1F)C(F)(F)F. The van der Waals surface area contributed by atoms with Gasteiger partial charge in [-0.3, -0.25) is 0 Å². The Balaban J connectivity index is 3.23. The van der Waals surface area contributed by atoms with Crippen LogP contribution in [-0.2, 0) is 5.60 Å². The summed E-state index contributed by atoms with van der Waals surface area (Å²) in [5.74, 6) is -1.07. The average Bonchev–Trinajstić information content (AvgIpc) is 2.02. The molecule has 1 N–H and O–H groups in total. The fourth-order valence-electron chi connectivity index (χ4n) is 1.01. The van der Waals surface area contributed by atoms with E-state index in [9.17, 15) is 17.6 Å². The molecule has 0 aromatic heterocycles. The van der Waals surface area contributed by atoms with Gasteiger partial charge in [0.15, 0.2) is 5.60 Å². The first-order chi connectivity index (χ1) is 6.27. The van der Waals surface area contributed by atoms with E-state index in [0.717, 1.165) is 12.1 Å². The van der Waals surface area contributed by atoms with Crippen molar-refractivity contribution in [1.82, 2.24) is 0 Å². The molecule has 0 aliphatic rings. The molecule has 1 rings (SSSR count). The molecule has 0 fully saturated rings. The summed E-state index contributed by atoms with van der Waals surface area (Å²) in [6.07, 6.45) is -4.89. The zero-order chi connectivity index (χ0) is 11.0. The molecule has 0 aliphatic heterocycles. The summed E-state index contributed by atoms with van der Waals surface area (Å²) in [5.41, 5.74) is -3.93. The van der Waals surface area contributed by atoms with Crippen molar-refractivity contribution in [3.8, 4) is 0 Å². The molecule has 0 spiro atoms. The van der Waals surface area contributed by atoms with Crippen molar-refractivity contribution in [3.63, 3.8) is 0 Å². The third-order valence-electron chi connectivity index (χ3n) is 1.95. The van der Waals surface area contributed by atoms with Crippen molar-refractivity contribution in [3.05, 3.63) is 35.6 Å². The number of alkyl halides is 3. The Morgan fingerprint density at radius 1 is 1.14 bits per heavy atom. The van der Waals surface area contributed by atoms with Crippen molar-refractivity contribution in [1.29, 1.82) is 0 Å². The molecule has 0 saturated carbocycles. The lowest BCUT2D eigenvalue weighted by molar-refractivity contribution is -0.259. The highest BCUT2D eigenvalue weighted by atomic mass is 19.4. The number of benzene rings is 1. The first kappa shape index (κ1) is 11.0. The number of aliphatic hydroxyl groups is 1. The van der Waals surface area contributed by atoms with Gasteiger partial charge in [-0.1, -0.05) is 18.2 Å². The summed E-state index contributed by atoms with van der Waals surface area (Å²) in [6, 6.07) is 4.27. The summed E-state index contributed by atoms with van der Waals surface area (Å²) in [4.78, 5) is 0. The summed E-state index contributed by atoms with van der Waals surface area (Å²) in [5, 5.41) is 9.14. The van der Waals surface area contributed by atoms with Gasteiger partial charge in [0.2, 0.25) is 0 Å². The molecule has 1 nitrogen and oxygen atoms in total. The Morgan fingerprint density at radius 2 is 1.64 bits per heavy atom. The lowest BCUT2D eigenvalue weighted by Gasteiger charge is -2.26. The van der Waals surface area contributed by atoms with Crippen molar-refractivity contribution < 1.29 is 22.7 Å². The van der Waals surface area contributed by atoms with E-state index in [4.69, 9.17) is 5.11 Å². The van der Waals surface area contributed by atoms with Gasteiger partial charge >= 0.3 is 6.18 Å². The van der Waals surface area contributed by atoms with Crippen molar-refractivity contribution in [2.75, 3.05) is 0 Å². The van der Waals surface area contributed by atoms with Gasteiger partial charge in [0.1, 0.15) is 5.82 Å². The predicted molar refractivity (Wildman–Crippen MR) is 42.0 cm³/mol. The monoisotopic (exact) mass is 208 g/mol. The molecule has 1 atom stereocenters. The van der Waals surface area contributed by atoms with Crippen LogP contribution in [0.4, 0.5) is 17.6 Å². The quantitative estimate of drug-likeness (QED) is 0.703. The highest BCUT2D eigenvalue weighted by Gasteiger charge is 2.52. The van der Waals surface area contributed by atoms with Crippen LogP contribution in [0.15, 0.2) is 24.3 Å². The maximum Gasteiger partial charge on any atom is 0.421 e. The van der Waals surface area contributed by atoms with Crippen LogP contribution in [0, 0.1) is 5.82 Å². The van der Waals surface area contributed by atoms with Gasteiger partial charge < -0.3 is 5.11 Å². The standard InChI is InChI=1S/C9H8F4O/c1-8(14,9(11,12)13)6-4-2-3-5-7(6)10/h2-5,14H,1H3/t8-/m1/s1.